The van der Waals surface area contributed by atoms with Crippen LogP contribution in [0.25, 0.3) is 0 Å². The third kappa shape index (κ3) is 3.93. The van der Waals surface area contributed by atoms with Crippen molar-refractivity contribution in [1.82, 2.24) is 5.32 Å². The molecule has 1 aliphatic carbocycles. The highest BCUT2D eigenvalue weighted by Gasteiger charge is 2.35. The molecule has 0 radical (unpaired) electrons. The molecule has 0 aromatic rings. The molecule has 2 rings (SSSR count). The first-order valence-electron chi connectivity index (χ1n) is 7.22. The lowest BCUT2D eigenvalue weighted by Gasteiger charge is -2.36. The van der Waals surface area contributed by atoms with E-state index in [1.807, 2.05) is 0 Å². The van der Waals surface area contributed by atoms with Crippen LogP contribution in [0.1, 0.15) is 51.4 Å². The van der Waals surface area contributed by atoms with Crippen LogP contribution in [0.15, 0.2) is 0 Å². The van der Waals surface area contributed by atoms with Crippen LogP contribution >= 0.6 is 0 Å². The molecule has 2 N–H and O–H groups in total. The molecular weight excluding hydrogens is 246 g/mol. The monoisotopic (exact) mass is 269 g/mol. The standard InChI is InChI=1S/C14H23NO4/c16-12(17)9-14(6-2-1-3-7-14)10-15-13(18)11-5-4-8-19-11/h11H,1-10H2,(H,15,18)(H,16,17)/t11-/m0/s1. The Hall–Kier alpha value is -1.10. The lowest BCUT2D eigenvalue weighted by Crippen LogP contribution is -2.43. The van der Waals surface area contributed by atoms with E-state index in [1.165, 1.54) is 6.42 Å². The smallest absolute Gasteiger partial charge is 0.303 e. The number of carboxylic acids is 1. The van der Waals surface area contributed by atoms with E-state index in [9.17, 15) is 9.59 Å². The van der Waals surface area contributed by atoms with Crippen LogP contribution in [-0.4, -0.2) is 36.2 Å². The highest BCUT2D eigenvalue weighted by molar-refractivity contribution is 5.81. The molecule has 0 aromatic heterocycles. The number of aliphatic carboxylic acids is 1. The maximum absolute atomic E-state index is 11.9. The highest BCUT2D eigenvalue weighted by atomic mass is 16.5. The normalized spacial score (nSPS) is 26.0. The number of hydrogen-bond acceptors (Lipinski definition) is 3. The number of nitrogens with one attached hydrogen (secondary N) is 1. The number of carbonyl (C=O) groups is 2. The van der Waals surface area contributed by atoms with E-state index in [0.717, 1.165) is 38.5 Å². The van der Waals surface area contributed by atoms with E-state index in [1.54, 1.807) is 0 Å². The summed E-state index contributed by atoms with van der Waals surface area (Å²) in [4.78, 5) is 23.0. The molecule has 0 bridgehead atoms. The van der Waals surface area contributed by atoms with Crippen LogP contribution in [0.2, 0.25) is 0 Å². The topological polar surface area (TPSA) is 75.6 Å². The fraction of sp³-hybridized carbons (Fsp3) is 0.857. The van der Waals surface area contributed by atoms with Gasteiger partial charge in [0.05, 0.1) is 6.42 Å². The zero-order valence-electron chi connectivity index (χ0n) is 11.3. The van der Waals surface area contributed by atoms with Gasteiger partial charge < -0.3 is 15.2 Å². The van der Waals surface area contributed by atoms with Crippen molar-refractivity contribution in [3.63, 3.8) is 0 Å². The van der Waals surface area contributed by atoms with Crippen molar-refractivity contribution < 1.29 is 19.4 Å². The molecule has 5 nitrogen and oxygen atoms in total. The number of hydrogen-bond donors (Lipinski definition) is 2. The minimum atomic E-state index is -0.770. The summed E-state index contributed by atoms with van der Waals surface area (Å²) in [7, 11) is 0. The SMILES string of the molecule is O=C(O)CC1(CNC(=O)[C@@H]2CCCO2)CCCCC1. The number of carbonyl (C=O) groups excluding carboxylic acids is 1. The molecule has 1 heterocycles. The van der Waals surface area contributed by atoms with Gasteiger partial charge in [0.25, 0.3) is 0 Å². The van der Waals surface area contributed by atoms with Crippen molar-refractivity contribution in [2.24, 2.45) is 5.41 Å². The van der Waals surface area contributed by atoms with E-state index in [2.05, 4.69) is 5.32 Å². The quantitative estimate of drug-likeness (QED) is 0.796. The molecule has 2 fully saturated rings. The Bertz CT molecular complexity index is 330. The summed E-state index contributed by atoms with van der Waals surface area (Å²) in [6, 6.07) is 0. The van der Waals surface area contributed by atoms with E-state index in [0.29, 0.717) is 13.2 Å². The van der Waals surface area contributed by atoms with Crippen molar-refractivity contribution in [3.8, 4) is 0 Å². The van der Waals surface area contributed by atoms with Gasteiger partial charge in [-0.15, -0.1) is 0 Å². The molecule has 1 amide bonds. The van der Waals surface area contributed by atoms with Crippen LogP contribution in [0.5, 0.6) is 0 Å². The molecule has 1 atom stereocenters. The van der Waals surface area contributed by atoms with Crippen molar-refractivity contribution in [1.29, 1.82) is 0 Å². The molecule has 19 heavy (non-hydrogen) atoms. The summed E-state index contributed by atoms with van der Waals surface area (Å²) in [5.74, 6) is -0.846. The summed E-state index contributed by atoms with van der Waals surface area (Å²) in [5.41, 5.74) is -0.252. The molecule has 1 saturated heterocycles. The molecule has 108 valence electrons. The fourth-order valence-electron chi connectivity index (χ4n) is 3.21. The molecule has 5 heteroatoms. The summed E-state index contributed by atoms with van der Waals surface area (Å²) < 4.78 is 5.34. The number of amides is 1. The van der Waals surface area contributed by atoms with Gasteiger partial charge in [0.1, 0.15) is 6.10 Å². The third-order valence-electron chi connectivity index (χ3n) is 4.30. The predicted octanol–water partition coefficient (Wildman–Crippen LogP) is 1.71. The zero-order valence-corrected chi connectivity index (χ0v) is 11.3. The minimum absolute atomic E-state index is 0.0761. The van der Waals surface area contributed by atoms with Gasteiger partial charge in [-0.2, -0.15) is 0 Å². The number of carboxylic acid groups (broad SMARTS) is 1. The van der Waals surface area contributed by atoms with E-state index < -0.39 is 5.97 Å². The summed E-state index contributed by atoms with van der Waals surface area (Å²) in [6.45, 7) is 1.12. The van der Waals surface area contributed by atoms with Gasteiger partial charge in [-0.3, -0.25) is 9.59 Å². The molecule has 0 aromatic carbocycles. The summed E-state index contributed by atoms with van der Waals surface area (Å²) in [5, 5.41) is 12.0. The van der Waals surface area contributed by atoms with Gasteiger partial charge in [-0.25, -0.2) is 0 Å². The first-order valence-corrected chi connectivity index (χ1v) is 7.22. The van der Waals surface area contributed by atoms with Gasteiger partial charge >= 0.3 is 5.97 Å². The maximum Gasteiger partial charge on any atom is 0.303 e. The van der Waals surface area contributed by atoms with Gasteiger partial charge in [0.15, 0.2) is 0 Å². The second kappa shape index (κ2) is 6.37. The Morgan fingerprint density at radius 1 is 1.21 bits per heavy atom. The molecular formula is C14H23NO4. The van der Waals surface area contributed by atoms with Crippen LogP contribution in [0, 0.1) is 5.41 Å². The van der Waals surface area contributed by atoms with Crippen LogP contribution in [-0.2, 0) is 14.3 Å². The average molecular weight is 269 g/mol. The van der Waals surface area contributed by atoms with Gasteiger partial charge in [0, 0.05) is 13.2 Å². The Kier molecular flexibility index (Phi) is 4.80. The number of rotatable bonds is 5. The van der Waals surface area contributed by atoms with Gasteiger partial charge in [0.2, 0.25) is 5.91 Å². The van der Waals surface area contributed by atoms with Crippen molar-refractivity contribution in [3.05, 3.63) is 0 Å². The Balaban J connectivity index is 1.88. The second-order valence-corrected chi connectivity index (χ2v) is 5.85. The third-order valence-corrected chi connectivity index (χ3v) is 4.30. The molecule has 1 saturated carbocycles. The minimum Gasteiger partial charge on any atom is -0.481 e. The molecule has 0 spiro atoms. The fourth-order valence-corrected chi connectivity index (χ4v) is 3.21. The number of ether oxygens (including phenoxy) is 1. The van der Waals surface area contributed by atoms with Crippen LogP contribution < -0.4 is 5.32 Å². The Morgan fingerprint density at radius 2 is 1.95 bits per heavy atom. The lowest BCUT2D eigenvalue weighted by atomic mass is 9.71. The predicted molar refractivity (Wildman–Crippen MR) is 69.8 cm³/mol. The second-order valence-electron chi connectivity index (χ2n) is 5.85. The highest BCUT2D eigenvalue weighted by Crippen LogP contribution is 2.38. The lowest BCUT2D eigenvalue weighted by molar-refractivity contribution is -0.141. The molecule has 2 aliphatic rings. The Labute approximate surface area is 113 Å². The average Bonchev–Trinajstić information content (AvgIpc) is 2.90. The van der Waals surface area contributed by atoms with Gasteiger partial charge in [-0.05, 0) is 31.1 Å². The summed E-state index contributed by atoms with van der Waals surface area (Å²) >= 11 is 0. The first-order chi connectivity index (χ1) is 9.11. The Morgan fingerprint density at radius 3 is 2.53 bits per heavy atom. The van der Waals surface area contributed by atoms with Crippen LogP contribution in [0.3, 0.4) is 0 Å². The van der Waals surface area contributed by atoms with Gasteiger partial charge in [-0.1, -0.05) is 19.3 Å². The van der Waals surface area contributed by atoms with Crippen molar-refractivity contribution in [2.45, 2.75) is 57.5 Å². The summed E-state index contributed by atoms with van der Waals surface area (Å²) in [6.07, 6.45) is 6.60. The molecule has 1 aliphatic heterocycles. The van der Waals surface area contributed by atoms with Crippen molar-refractivity contribution in [2.75, 3.05) is 13.2 Å². The maximum atomic E-state index is 11.9. The first kappa shape index (κ1) is 14.3. The largest absolute Gasteiger partial charge is 0.481 e. The van der Waals surface area contributed by atoms with E-state index in [-0.39, 0.29) is 23.8 Å². The van der Waals surface area contributed by atoms with Crippen molar-refractivity contribution >= 4 is 11.9 Å². The molecule has 0 unspecified atom stereocenters. The van der Waals surface area contributed by atoms with E-state index >= 15 is 0 Å². The zero-order chi connectivity index (χ0) is 13.7. The van der Waals surface area contributed by atoms with Crippen LogP contribution in [0.4, 0.5) is 0 Å². The van der Waals surface area contributed by atoms with E-state index in [4.69, 9.17) is 9.84 Å².